The van der Waals surface area contributed by atoms with Crippen molar-refractivity contribution in [2.75, 3.05) is 0 Å². The number of carbonyl (C=O) groups is 1. The lowest BCUT2D eigenvalue weighted by Crippen LogP contribution is -1.86. The van der Waals surface area contributed by atoms with Gasteiger partial charge < -0.3 is 10.2 Å². The van der Waals surface area contributed by atoms with Gasteiger partial charge in [0.2, 0.25) is 0 Å². The lowest BCUT2D eigenvalue weighted by Gasteiger charge is -2.02. The van der Waals surface area contributed by atoms with E-state index in [2.05, 4.69) is 0 Å². The molecule has 0 aromatic heterocycles. The first-order valence-corrected chi connectivity index (χ1v) is 4.36. The van der Waals surface area contributed by atoms with Crippen LogP contribution >= 0.6 is 23.2 Å². The van der Waals surface area contributed by atoms with Gasteiger partial charge in [0.1, 0.15) is 5.75 Å². The van der Waals surface area contributed by atoms with Crippen LogP contribution in [0.25, 0.3) is 6.08 Å². The largest absolute Gasteiger partial charge is 0.506 e. The molecule has 0 fully saturated rings. The number of aliphatic carboxylic acids is 1. The summed E-state index contributed by atoms with van der Waals surface area (Å²) in [6, 6.07) is 2.77. The van der Waals surface area contributed by atoms with E-state index in [-0.39, 0.29) is 21.4 Å². The normalized spacial score (nSPS) is 10.7. The Kier molecular flexibility index (Phi) is 3.38. The Morgan fingerprint density at radius 3 is 2.57 bits per heavy atom. The molecular formula is C9H6Cl2O3. The lowest BCUT2D eigenvalue weighted by molar-refractivity contribution is -0.131. The van der Waals surface area contributed by atoms with Crippen LogP contribution in [-0.2, 0) is 4.79 Å². The molecule has 0 aliphatic carbocycles. The molecule has 0 aliphatic heterocycles. The Bertz CT molecular complexity index is 399. The zero-order valence-corrected chi connectivity index (χ0v) is 8.38. The highest BCUT2D eigenvalue weighted by molar-refractivity contribution is 6.38. The smallest absolute Gasteiger partial charge is 0.328 e. The summed E-state index contributed by atoms with van der Waals surface area (Å²) in [5, 5.41) is 17.9. The molecule has 3 nitrogen and oxygen atoms in total. The average Bonchev–Trinajstić information content (AvgIpc) is 2.11. The van der Waals surface area contributed by atoms with Crippen molar-refractivity contribution < 1.29 is 15.0 Å². The molecule has 74 valence electrons. The first kappa shape index (κ1) is 10.9. The second-order valence-electron chi connectivity index (χ2n) is 2.47. The molecule has 0 saturated heterocycles. The molecule has 1 rings (SSSR count). The molecule has 1 aromatic rings. The van der Waals surface area contributed by atoms with Gasteiger partial charge in [-0.3, -0.25) is 0 Å². The molecule has 0 spiro atoms. The number of carboxylic acids is 1. The van der Waals surface area contributed by atoms with Crippen LogP contribution in [-0.4, -0.2) is 16.2 Å². The third kappa shape index (κ3) is 2.40. The Morgan fingerprint density at radius 2 is 2.00 bits per heavy atom. The molecule has 0 radical (unpaired) electrons. The number of aromatic hydroxyl groups is 1. The number of phenols is 1. The van der Waals surface area contributed by atoms with Crippen LogP contribution in [0.2, 0.25) is 10.0 Å². The van der Waals surface area contributed by atoms with E-state index in [9.17, 15) is 9.90 Å². The quantitative estimate of drug-likeness (QED) is 0.772. The van der Waals surface area contributed by atoms with Crippen LogP contribution in [0.15, 0.2) is 18.2 Å². The summed E-state index contributed by atoms with van der Waals surface area (Å²) in [7, 11) is 0. The van der Waals surface area contributed by atoms with Crippen molar-refractivity contribution in [1.82, 2.24) is 0 Å². The first-order chi connectivity index (χ1) is 6.52. The van der Waals surface area contributed by atoms with E-state index in [1.807, 2.05) is 0 Å². The summed E-state index contributed by atoms with van der Waals surface area (Å²) in [5.41, 5.74) is 0.288. The second kappa shape index (κ2) is 4.35. The molecule has 1 aromatic carbocycles. The van der Waals surface area contributed by atoms with Crippen LogP contribution in [0.5, 0.6) is 5.75 Å². The zero-order valence-electron chi connectivity index (χ0n) is 6.87. The van der Waals surface area contributed by atoms with Crippen molar-refractivity contribution >= 4 is 35.2 Å². The van der Waals surface area contributed by atoms with Gasteiger partial charge in [-0.25, -0.2) is 4.79 Å². The number of halogens is 2. The second-order valence-corrected chi connectivity index (χ2v) is 3.25. The van der Waals surface area contributed by atoms with E-state index in [1.165, 1.54) is 18.2 Å². The van der Waals surface area contributed by atoms with Crippen molar-refractivity contribution in [2.45, 2.75) is 0 Å². The van der Waals surface area contributed by atoms with Crippen molar-refractivity contribution in [3.05, 3.63) is 33.8 Å². The van der Waals surface area contributed by atoms with Crippen LogP contribution in [0, 0.1) is 0 Å². The van der Waals surface area contributed by atoms with Crippen LogP contribution in [0.4, 0.5) is 0 Å². The molecule has 0 amide bonds. The summed E-state index contributed by atoms with van der Waals surface area (Å²) in [6.07, 6.45) is 2.12. The van der Waals surface area contributed by atoms with E-state index in [0.717, 1.165) is 6.08 Å². The van der Waals surface area contributed by atoms with Gasteiger partial charge in [-0.15, -0.1) is 0 Å². The molecule has 2 N–H and O–H groups in total. The monoisotopic (exact) mass is 232 g/mol. The Morgan fingerprint density at radius 1 is 1.36 bits per heavy atom. The molecule has 14 heavy (non-hydrogen) atoms. The fraction of sp³-hybridized carbons (Fsp3) is 0. The van der Waals surface area contributed by atoms with Crippen molar-refractivity contribution in [2.24, 2.45) is 0 Å². The number of phenolic OH excluding ortho intramolecular Hbond substituents is 1. The number of hydrogen-bond donors (Lipinski definition) is 2. The predicted octanol–water partition coefficient (Wildman–Crippen LogP) is 2.80. The Labute approximate surface area is 90.2 Å². The predicted molar refractivity (Wildman–Crippen MR) is 54.8 cm³/mol. The number of hydrogen-bond acceptors (Lipinski definition) is 2. The van der Waals surface area contributed by atoms with E-state index in [1.54, 1.807) is 0 Å². The van der Waals surface area contributed by atoms with Gasteiger partial charge in [0, 0.05) is 16.7 Å². The van der Waals surface area contributed by atoms with Crippen molar-refractivity contribution in [1.29, 1.82) is 0 Å². The fourth-order valence-corrected chi connectivity index (χ4v) is 1.36. The summed E-state index contributed by atoms with van der Waals surface area (Å²) in [6.45, 7) is 0. The molecule has 0 aliphatic rings. The maximum absolute atomic E-state index is 10.2. The van der Waals surface area contributed by atoms with Gasteiger partial charge in [-0.2, -0.15) is 0 Å². The molecule has 0 unspecified atom stereocenters. The molecule has 0 bridgehead atoms. The molecule has 0 heterocycles. The fourth-order valence-electron chi connectivity index (χ4n) is 0.865. The number of benzene rings is 1. The number of carboxylic acid groups (broad SMARTS) is 1. The highest BCUT2D eigenvalue weighted by Gasteiger charge is 2.07. The molecule has 0 saturated carbocycles. The standard InChI is InChI=1S/C9H6Cl2O3/c10-6-2-3-7(12)9(11)5(6)1-4-8(13)14/h1-4,12H,(H,13,14)/b4-1+. The average molecular weight is 233 g/mol. The Hall–Kier alpha value is -1.19. The van der Waals surface area contributed by atoms with Crippen LogP contribution in [0.1, 0.15) is 5.56 Å². The maximum atomic E-state index is 10.2. The first-order valence-electron chi connectivity index (χ1n) is 3.60. The van der Waals surface area contributed by atoms with E-state index in [0.29, 0.717) is 0 Å². The third-order valence-corrected chi connectivity index (χ3v) is 2.23. The van der Waals surface area contributed by atoms with Gasteiger partial charge >= 0.3 is 5.97 Å². The van der Waals surface area contributed by atoms with E-state index < -0.39 is 5.97 Å². The summed E-state index contributed by atoms with van der Waals surface area (Å²) in [4.78, 5) is 10.2. The SMILES string of the molecule is O=C(O)/C=C/c1c(Cl)ccc(O)c1Cl. The zero-order chi connectivity index (χ0) is 10.7. The van der Waals surface area contributed by atoms with Crippen LogP contribution in [0.3, 0.4) is 0 Å². The van der Waals surface area contributed by atoms with Gasteiger partial charge in [0.25, 0.3) is 0 Å². The molecule has 0 atom stereocenters. The third-order valence-electron chi connectivity index (χ3n) is 1.50. The topological polar surface area (TPSA) is 57.5 Å². The Balaban J connectivity index is 3.19. The lowest BCUT2D eigenvalue weighted by atomic mass is 10.2. The molecule has 5 heteroatoms. The molecular weight excluding hydrogens is 227 g/mol. The van der Waals surface area contributed by atoms with Gasteiger partial charge in [-0.05, 0) is 18.2 Å². The highest BCUT2D eigenvalue weighted by atomic mass is 35.5. The van der Waals surface area contributed by atoms with Gasteiger partial charge in [0.15, 0.2) is 0 Å². The van der Waals surface area contributed by atoms with E-state index in [4.69, 9.17) is 28.3 Å². The maximum Gasteiger partial charge on any atom is 0.328 e. The summed E-state index contributed by atoms with van der Waals surface area (Å²) in [5.74, 6) is -1.25. The highest BCUT2D eigenvalue weighted by Crippen LogP contribution is 2.33. The van der Waals surface area contributed by atoms with Gasteiger partial charge in [0.05, 0.1) is 5.02 Å². The summed E-state index contributed by atoms with van der Waals surface area (Å²) >= 11 is 11.4. The minimum Gasteiger partial charge on any atom is -0.506 e. The minimum atomic E-state index is -1.11. The van der Waals surface area contributed by atoms with Crippen molar-refractivity contribution in [3.63, 3.8) is 0 Å². The minimum absolute atomic E-state index is 0.0370. The number of rotatable bonds is 2. The summed E-state index contributed by atoms with van der Waals surface area (Å²) < 4.78 is 0. The van der Waals surface area contributed by atoms with Crippen molar-refractivity contribution in [3.8, 4) is 5.75 Å². The van der Waals surface area contributed by atoms with Gasteiger partial charge in [-0.1, -0.05) is 23.2 Å². The van der Waals surface area contributed by atoms with E-state index >= 15 is 0 Å². The van der Waals surface area contributed by atoms with Crippen LogP contribution < -0.4 is 0 Å².